The maximum absolute atomic E-state index is 17.3. The van der Waals surface area contributed by atoms with E-state index in [0.717, 1.165) is 5.57 Å². The van der Waals surface area contributed by atoms with Gasteiger partial charge in [-0.15, -0.1) is 0 Å². The molecule has 0 aromatic heterocycles. The number of fused-ring (bicyclic) bond motifs is 5. The van der Waals surface area contributed by atoms with E-state index >= 15 is 4.39 Å². The van der Waals surface area contributed by atoms with Crippen LogP contribution in [0.2, 0.25) is 0 Å². The molecule has 0 aliphatic heterocycles. The lowest BCUT2D eigenvalue weighted by Crippen LogP contribution is -2.67. The molecule has 0 spiro atoms. The Morgan fingerprint density at radius 3 is 2.64 bits per heavy atom. The minimum Gasteiger partial charge on any atom is -0.459 e. The molecule has 3 fully saturated rings. The van der Waals surface area contributed by atoms with Gasteiger partial charge in [0.05, 0.1) is 5.25 Å². The average Bonchev–Trinajstić information content (AvgIpc) is 2.86. The lowest BCUT2D eigenvalue weighted by molar-refractivity contribution is -0.208. The van der Waals surface area contributed by atoms with Crippen molar-refractivity contribution in [2.24, 2.45) is 22.7 Å². The van der Waals surface area contributed by atoms with Gasteiger partial charge in [-0.05, 0) is 55.9 Å². The number of Topliss-reactive ketones (excluding diaryl/α,β-unsaturated/α-hetero) is 1. The van der Waals surface area contributed by atoms with Crippen LogP contribution in [0, 0.1) is 22.7 Å². The number of thioether (sulfide) groups is 1. The van der Waals surface area contributed by atoms with Gasteiger partial charge in [0, 0.05) is 24.7 Å². The van der Waals surface area contributed by atoms with E-state index in [1.54, 1.807) is 12.2 Å². The molecule has 4 rings (SSSR count). The normalized spacial score (nSPS) is 47.1. The molecule has 0 N–H and O–H groups in total. The fourth-order valence-electron chi connectivity index (χ4n) is 6.66. The van der Waals surface area contributed by atoms with Crippen LogP contribution in [-0.4, -0.2) is 40.8 Å². The standard InChI is InChI=1S/C22H27FO4S/c1-12(24)27-18-11-20(2)16(10-17(26)19(20)28-4)15-6-5-13-9-14(25)7-8-21(13,3)22(15,18)23/h7-9,15-16,18-19H,5-6,10-11H2,1-4H3/t15-,16-,18-,19-,20-,21-,22?/m0/s1. The van der Waals surface area contributed by atoms with Gasteiger partial charge in [0.1, 0.15) is 11.9 Å². The Morgan fingerprint density at radius 2 is 2.00 bits per heavy atom. The topological polar surface area (TPSA) is 60.4 Å². The molecule has 4 aliphatic carbocycles. The minimum atomic E-state index is -1.84. The maximum atomic E-state index is 17.3. The molecule has 0 bridgehead atoms. The van der Waals surface area contributed by atoms with Crippen LogP contribution in [0.3, 0.4) is 0 Å². The van der Waals surface area contributed by atoms with Gasteiger partial charge in [0.25, 0.3) is 0 Å². The predicted molar refractivity (Wildman–Crippen MR) is 106 cm³/mol. The highest BCUT2D eigenvalue weighted by Crippen LogP contribution is 2.68. The highest BCUT2D eigenvalue weighted by molar-refractivity contribution is 8.00. The zero-order valence-corrected chi connectivity index (χ0v) is 17.6. The Kier molecular flexibility index (Phi) is 4.46. The number of alkyl halides is 1. The van der Waals surface area contributed by atoms with Crippen molar-refractivity contribution in [1.29, 1.82) is 0 Å². The van der Waals surface area contributed by atoms with Crippen LogP contribution in [0.15, 0.2) is 23.8 Å². The number of hydrogen-bond donors (Lipinski definition) is 0. The summed E-state index contributed by atoms with van der Waals surface area (Å²) in [7, 11) is 0. The Morgan fingerprint density at radius 1 is 1.29 bits per heavy atom. The number of carbonyl (C=O) groups is 3. The van der Waals surface area contributed by atoms with Crippen LogP contribution in [0.4, 0.5) is 4.39 Å². The van der Waals surface area contributed by atoms with Crippen molar-refractivity contribution >= 4 is 29.3 Å². The van der Waals surface area contributed by atoms with Crippen molar-refractivity contribution in [3.05, 3.63) is 23.8 Å². The highest BCUT2D eigenvalue weighted by Gasteiger charge is 2.72. The minimum absolute atomic E-state index is 0.0846. The number of allylic oxidation sites excluding steroid dienone is 4. The van der Waals surface area contributed by atoms with E-state index in [0.29, 0.717) is 25.7 Å². The van der Waals surface area contributed by atoms with Crippen molar-refractivity contribution in [3.63, 3.8) is 0 Å². The first-order chi connectivity index (χ1) is 13.1. The third kappa shape index (κ3) is 2.39. The summed E-state index contributed by atoms with van der Waals surface area (Å²) in [6, 6.07) is 0. The molecule has 28 heavy (non-hydrogen) atoms. The number of ether oxygens (including phenoxy) is 1. The van der Waals surface area contributed by atoms with Gasteiger partial charge >= 0.3 is 5.97 Å². The number of hydrogen-bond acceptors (Lipinski definition) is 5. The molecule has 0 heterocycles. The van der Waals surface area contributed by atoms with Gasteiger partial charge in [0.2, 0.25) is 0 Å². The Balaban J connectivity index is 1.87. The zero-order valence-electron chi connectivity index (χ0n) is 16.8. The first-order valence-electron chi connectivity index (χ1n) is 9.94. The molecule has 152 valence electrons. The Hall–Kier alpha value is -1.43. The summed E-state index contributed by atoms with van der Waals surface area (Å²) < 4.78 is 22.9. The van der Waals surface area contributed by atoms with Crippen LogP contribution in [0.25, 0.3) is 0 Å². The molecule has 6 heteroatoms. The SMILES string of the molecule is CS[C@H]1C(=O)C[C@H]2[C@@H]3CCC4=CC(=O)C=C[C@]4(C)C3(F)[C@@H](OC(C)=O)C[C@]12C. The molecule has 0 aromatic rings. The van der Waals surface area contributed by atoms with Crippen LogP contribution >= 0.6 is 11.8 Å². The second-order valence-electron chi connectivity index (χ2n) is 9.22. The van der Waals surface area contributed by atoms with E-state index in [2.05, 4.69) is 6.92 Å². The Bertz CT molecular complexity index is 819. The summed E-state index contributed by atoms with van der Waals surface area (Å²) in [5, 5.41) is -0.201. The second-order valence-corrected chi connectivity index (χ2v) is 10.2. The highest BCUT2D eigenvalue weighted by atomic mass is 32.2. The number of esters is 1. The van der Waals surface area contributed by atoms with Gasteiger partial charge in [-0.25, -0.2) is 4.39 Å². The number of ketones is 2. The van der Waals surface area contributed by atoms with Crippen molar-refractivity contribution in [2.75, 3.05) is 6.26 Å². The van der Waals surface area contributed by atoms with Gasteiger partial charge < -0.3 is 4.74 Å². The smallest absolute Gasteiger partial charge is 0.303 e. The first kappa shape index (κ1) is 19.9. The summed E-state index contributed by atoms with van der Waals surface area (Å²) in [6.07, 6.45) is 7.51. The van der Waals surface area contributed by atoms with Gasteiger partial charge in [-0.1, -0.05) is 18.6 Å². The van der Waals surface area contributed by atoms with Crippen LogP contribution in [-0.2, 0) is 19.1 Å². The fraction of sp³-hybridized carbons (Fsp3) is 0.682. The molecule has 4 nitrogen and oxygen atoms in total. The zero-order chi connectivity index (χ0) is 20.5. The van der Waals surface area contributed by atoms with E-state index in [9.17, 15) is 14.4 Å². The molecule has 1 unspecified atom stereocenters. The third-order valence-corrected chi connectivity index (χ3v) is 9.18. The summed E-state index contributed by atoms with van der Waals surface area (Å²) in [4.78, 5) is 36.6. The quantitative estimate of drug-likeness (QED) is 0.652. The molecular weight excluding hydrogens is 379 g/mol. The van der Waals surface area contributed by atoms with E-state index in [4.69, 9.17) is 4.74 Å². The van der Waals surface area contributed by atoms with Gasteiger partial charge in [-0.3, -0.25) is 14.4 Å². The lowest BCUT2D eigenvalue weighted by atomic mass is 9.46. The van der Waals surface area contributed by atoms with E-state index in [1.807, 2.05) is 13.2 Å². The monoisotopic (exact) mass is 406 g/mol. The molecule has 0 amide bonds. The van der Waals surface area contributed by atoms with E-state index < -0.39 is 34.5 Å². The molecule has 0 saturated heterocycles. The first-order valence-corrected chi connectivity index (χ1v) is 11.2. The number of carbonyl (C=O) groups excluding carboxylic acids is 3. The molecular formula is C22H27FO4S. The summed E-state index contributed by atoms with van der Waals surface area (Å²) >= 11 is 1.52. The lowest BCUT2D eigenvalue weighted by Gasteiger charge is -2.62. The summed E-state index contributed by atoms with van der Waals surface area (Å²) in [5.41, 5.74) is -2.48. The van der Waals surface area contributed by atoms with Crippen molar-refractivity contribution in [3.8, 4) is 0 Å². The number of rotatable bonds is 2. The fourth-order valence-corrected chi connectivity index (χ4v) is 7.83. The summed E-state index contributed by atoms with van der Waals surface area (Å²) in [6.45, 7) is 5.18. The second kappa shape index (κ2) is 6.28. The molecule has 7 atom stereocenters. The largest absolute Gasteiger partial charge is 0.459 e. The third-order valence-electron chi connectivity index (χ3n) is 7.91. The average molecular weight is 407 g/mol. The Labute approximate surface area is 169 Å². The molecule has 3 saturated carbocycles. The van der Waals surface area contributed by atoms with Crippen molar-refractivity contribution < 1.29 is 23.5 Å². The molecule has 0 radical (unpaired) electrons. The molecule has 4 aliphatic rings. The van der Waals surface area contributed by atoms with Crippen LogP contribution in [0.5, 0.6) is 0 Å². The van der Waals surface area contributed by atoms with E-state index in [-0.39, 0.29) is 22.7 Å². The van der Waals surface area contributed by atoms with Crippen LogP contribution in [0.1, 0.15) is 46.5 Å². The molecule has 0 aromatic carbocycles. The van der Waals surface area contributed by atoms with Gasteiger partial charge in [0.15, 0.2) is 11.5 Å². The van der Waals surface area contributed by atoms with Crippen molar-refractivity contribution in [1.82, 2.24) is 0 Å². The van der Waals surface area contributed by atoms with Gasteiger partial charge in [-0.2, -0.15) is 11.8 Å². The van der Waals surface area contributed by atoms with Crippen molar-refractivity contribution in [2.45, 2.75) is 63.5 Å². The maximum Gasteiger partial charge on any atom is 0.303 e. The van der Waals surface area contributed by atoms with Crippen LogP contribution < -0.4 is 0 Å². The van der Waals surface area contributed by atoms with E-state index in [1.165, 1.54) is 24.8 Å². The predicted octanol–water partition coefficient (Wildman–Crippen LogP) is 3.84. The number of halogens is 1. The summed E-state index contributed by atoms with van der Waals surface area (Å²) in [5.74, 6) is -0.942.